The van der Waals surface area contributed by atoms with Crippen molar-refractivity contribution in [1.82, 2.24) is 4.90 Å². The Kier molecular flexibility index (Phi) is 4.41. The van der Waals surface area contributed by atoms with Crippen molar-refractivity contribution in [3.05, 3.63) is 0 Å². The number of rotatable bonds is 4. The molecule has 0 N–H and O–H groups in total. The van der Waals surface area contributed by atoms with Gasteiger partial charge in [-0.2, -0.15) is 0 Å². The van der Waals surface area contributed by atoms with E-state index in [1.54, 1.807) is 0 Å². The largest absolute Gasteiger partial charge is 0.381 e. The quantitative estimate of drug-likeness (QED) is 0.693. The molecular formula is C11H20ClNO2. The predicted octanol–water partition coefficient (Wildman–Crippen LogP) is 1.75. The second-order valence-electron chi connectivity index (χ2n) is 4.75. The van der Waals surface area contributed by atoms with E-state index in [4.69, 9.17) is 16.3 Å². The van der Waals surface area contributed by atoms with Crippen molar-refractivity contribution in [2.75, 3.05) is 32.2 Å². The third-order valence-electron chi connectivity index (χ3n) is 3.13. The summed E-state index contributed by atoms with van der Waals surface area (Å²) in [6.07, 6.45) is 0. The third kappa shape index (κ3) is 3.08. The van der Waals surface area contributed by atoms with Crippen molar-refractivity contribution in [2.24, 2.45) is 11.3 Å². The Balaban J connectivity index is 2.55. The normalized spacial score (nSPS) is 24.5. The fraction of sp³-hybridized carbons (Fsp3) is 0.909. The van der Waals surface area contributed by atoms with E-state index in [-0.39, 0.29) is 17.2 Å². The van der Waals surface area contributed by atoms with Crippen LogP contribution in [-0.2, 0) is 9.53 Å². The average Bonchev–Trinajstić information content (AvgIpc) is 2.49. The lowest BCUT2D eigenvalue weighted by Crippen LogP contribution is -2.30. The van der Waals surface area contributed by atoms with Crippen LogP contribution in [0.2, 0.25) is 0 Å². The lowest BCUT2D eigenvalue weighted by atomic mass is 9.83. The summed E-state index contributed by atoms with van der Waals surface area (Å²) in [5.41, 5.74) is 0.136. The Morgan fingerprint density at radius 3 is 2.80 bits per heavy atom. The first kappa shape index (κ1) is 12.8. The zero-order valence-corrected chi connectivity index (χ0v) is 10.5. The second-order valence-corrected chi connectivity index (χ2v) is 5.02. The van der Waals surface area contributed by atoms with Crippen molar-refractivity contribution < 1.29 is 9.53 Å². The van der Waals surface area contributed by atoms with Crippen LogP contribution in [0.25, 0.3) is 0 Å². The molecule has 0 unspecified atom stereocenters. The fourth-order valence-corrected chi connectivity index (χ4v) is 2.18. The van der Waals surface area contributed by atoms with Crippen LogP contribution in [0.3, 0.4) is 0 Å². The van der Waals surface area contributed by atoms with Gasteiger partial charge in [0.15, 0.2) is 0 Å². The number of ether oxygens (including phenoxy) is 1. The summed E-state index contributed by atoms with van der Waals surface area (Å²) in [6, 6.07) is 0. The highest BCUT2D eigenvalue weighted by Crippen LogP contribution is 2.35. The maximum absolute atomic E-state index is 11.5. The highest BCUT2D eigenvalue weighted by atomic mass is 35.5. The van der Waals surface area contributed by atoms with Gasteiger partial charge in [0.05, 0.1) is 6.61 Å². The van der Waals surface area contributed by atoms with Crippen LogP contribution in [0.5, 0.6) is 0 Å². The summed E-state index contributed by atoms with van der Waals surface area (Å²) in [4.78, 5) is 13.3. The van der Waals surface area contributed by atoms with Crippen LogP contribution in [0.1, 0.15) is 20.8 Å². The van der Waals surface area contributed by atoms with Gasteiger partial charge in [-0.25, -0.2) is 0 Å². The highest BCUT2D eigenvalue weighted by molar-refractivity contribution is 6.27. The van der Waals surface area contributed by atoms with Crippen LogP contribution in [0.4, 0.5) is 0 Å². The first-order chi connectivity index (χ1) is 7.01. The van der Waals surface area contributed by atoms with E-state index >= 15 is 0 Å². The lowest BCUT2D eigenvalue weighted by molar-refractivity contribution is -0.127. The molecule has 0 aromatic carbocycles. The highest BCUT2D eigenvalue weighted by Gasteiger charge is 2.40. The third-order valence-corrected chi connectivity index (χ3v) is 3.36. The number of hydrogen-bond acceptors (Lipinski definition) is 2. The van der Waals surface area contributed by atoms with Gasteiger partial charge >= 0.3 is 0 Å². The number of carbonyl (C=O) groups is 1. The molecule has 1 rings (SSSR count). The Labute approximate surface area is 96.7 Å². The molecule has 0 aliphatic carbocycles. The molecule has 1 saturated heterocycles. The molecule has 88 valence electrons. The van der Waals surface area contributed by atoms with Crippen LogP contribution in [0, 0.1) is 11.3 Å². The van der Waals surface area contributed by atoms with Crippen molar-refractivity contribution >= 4 is 17.5 Å². The summed E-state index contributed by atoms with van der Waals surface area (Å²) in [5.74, 6) is 0.533. The number of hydrogen-bond donors (Lipinski definition) is 0. The SMILES string of the molecule is CCOC[C@H]1CN(C(=O)CCl)CC1(C)C. The van der Waals surface area contributed by atoms with Gasteiger partial charge in [-0.3, -0.25) is 4.79 Å². The van der Waals surface area contributed by atoms with E-state index < -0.39 is 0 Å². The van der Waals surface area contributed by atoms with Crippen LogP contribution >= 0.6 is 11.6 Å². The van der Waals surface area contributed by atoms with Gasteiger partial charge in [0, 0.05) is 25.6 Å². The fourth-order valence-electron chi connectivity index (χ4n) is 2.01. The summed E-state index contributed by atoms with van der Waals surface area (Å²) >= 11 is 5.55. The van der Waals surface area contributed by atoms with Crippen LogP contribution in [-0.4, -0.2) is 43.0 Å². The number of alkyl halides is 1. The van der Waals surface area contributed by atoms with Crippen LogP contribution < -0.4 is 0 Å². The van der Waals surface area contributed by atoms with Crippen molar-refractivity contribution in [3.63, 3.8) is 0 Å². The van der Waals surface area contributed by atoms with Crippen LogP contribution in [0.15, 0.2) is 0 Å². The van der Waals surface area contributed by atoms with E-state index in [0.29, 0.717) is 5.92 Å². The molecule has 1 amide bonds. The number of halogens is 1. The minimum absolute atomic E-state index is 0.0312. The van der Waals surface area contributed by atoms with E-state index in [2.05, 4.69) is 13.8 Å². The number of likely N-dealkylation sites (tertiary alicyclic amines) is 1. The van der Waals surface area contributed by atoms with Crippen molar-refractivity contribution in [3.8, 4) is 0 Å². The number of nitrogens with zero attached hydrogens (tertiary/aromatic N) is 1. The molecule has 0 radical (unpaired) electrons. The van der Waals surface area contributed by atoms with Gasteiger partial charge in [-0.05, 0) is 12.3 Å². The molecular weight excluding hydrogens is 214 g/mol. The standard InChI is InChI=1S/C11H20ClNO2/c1-4-15-7-9-6-13(10(14)5-12)8-11(9,2)3/h9H,4-8H2,1-3H3/t9-/m1/s1. The van der Waals surface area contributed by atoms with Gasteiger partial charge in [0.2, 0.25) is 5.91 Å². The molecule has 0 saturated carbocycles. The minimum Gasteiger partial charge on any atom is -0.381 e. The molecule has 1 fully saturated rings. The molecule has 15 heavy (non-hydrogen) atoms. The zero-order valence-electron chi connectivity index (χ0n) is 9.75. The second kappa shape index (κ2) is 5.17. The average molecular weight is 234 g/mol. The zero-order chi connectivity index (χ0) is 11.5. The number of amides is 1. The molecule has 1 aliphatic rings. The van der Waals surface area contributed by atoms with Gasteiger partial charge in [0.1, 0.15) is 5.88 Å². The Hall–Kier alpha value is -0.280. The molecule has 1 heterocycles. The van der Waals surface area contributed by atoms with E-state index in [1.165, 1.54) is 0 Å². The maximum Gasteiger partial charge on any atom is 0.237 e. The van der Waals surface area contributed by atoms with Gasteiger partial charge in [0.25, 0.3) is 0 Å². The molecule has 4 heteroatoms. The van der Waals surface area contributed by atoms with Crippen molar-refractivity contribution in [2.45, 2.75) is 20.8 Å². The van der Waals surface area contributed by atoms with E-state index in [9.17, 15) is 4.79 Å². The minimum atomic E-state index is 0.0312. The monoisotopic (exact) mass is 233 g/mol. The summed E-state index contributed by atoms with van der Waals surface area (Å²) in [5, 5.41) is 0. The number of carbonyl (C=O) groups excluding carboxylic acids is 1. The van der Waals surface area contributed by atoms with E-state index in [0.717, 1.165) is 26.3 Å². The first-order valence-corrected chi connectivity index (χ1v) is 5.96. The van der Waals surface area contributed by atoms with Crippen molar-refractivity contribution in [1.29, 1.82) is 0 Å². The molecule has 0 aromatic rings. The predicted molar refractivity (Wildman–Crippen MR) is 61.1 cm³/mol. The Morgan fingerprint density at radius 2 is 2.27 bits per heavy atom. The molecule has 0 aromatic heterocycles. The van der Waals surface area contributed by atoms with Gasteiger partial charge in [-0.15, -0.1) is 11.6 Å². The topological polar surface area (TPSA) is 29.5 Å². The summed E-state index contributed by atoms with van der Waals surface area (Å²) in [6.45, 7) is 9.38. The Bertz CT molecular complexity index is 231. The van der Waals surface area contributed by atoms with Gasteiger partial charge < -0.3 is 9.64 Å². The first-order valence-electron chi connectivity index (χ1n) is 5.42. The van der Waals surface area contributed by atoms with E-state index in [1.807, 2.05) is 11.8 Å². The molecule has 3 nitrogen and oxygen atoms in total. The maximum atomic E-state index is 11.5. The lowest BCUT2D eigenvalue weighted by Gasteiger charge is -2.24. The summed E-state index contributed by atoms with van der Waals surface area (Å²) < 4.78 is 5.44. The van der Waals surface area contributed by atoms with Gasteiger partial charge in [-0.1, -0.05) is 13.8 Å². The molecule has 0 bridgehead atoms. The molecule has 1 aliphatic heterocycles. The Morgan fingerprint density at radius 1 is 1.60 bits per heavy atom. The molecule has 0 spiro atoms. The smallest absolute Gasteiger partial charge is 0.237 e. The molecule has 1 atom stereocenters. The summed E-state index contributed by atoms with van der Waals surface area (Å²) in [7, 11) is 0.